The molecule has 0 spiro atoms. The third-order valence-corrected chi connectivity index (χ3v) is 5.63. The molecule has 1 N–H and O–H groups in total. The predicted octanol–water partition coefficient (Wildman–Crippen LogP) is 5.11. The Hall–Kier alpha value is -3.91. The molecule has 1 aliphatic carbocycles. The topological polar surface area (TPSA) is 76.5 Å². The quantitative estimate of drug-likeness (QED) is 0.454. The predicted molar refractivity (Wildman–Crippen MR) is 121 cm³/mol. The molecule has 0 amide bonds. The number of benzene rings is 2. The Morgan fingerprint density at radius 3 is 2.25 bits per heavy atom. The van der Waals surface area contributed by atoms with Crippen LogP contribution >= 0.6 is 0 Å². The number of aromatic nitrogens is 1. The summed E-state index contributed by atoms with van der Waals surface area (Å²) in [5.74, 6) is 4.33. The van der Waals surface area contributed by atoms with E-state index in [9.17, 15) is 14.7 Å². The summed E-state index contributed by atoms with van der Waals surface area (Å²) >= 11 is 0. The number of carbonyl (C=O) groups excluding carboxylic acids is 1. The van der Waals surface area contributed by atoms with Gasteiger partial charge in [-0.15, -0.1) is 0 Å². The van der Waals surface area contributed by atoms with Crippen LogP contribution in [0.3, 0.4) is 0 Å². The molecule has 2 aromatic carbocycles. The summed E-state index contributed by atoms with van der Waals surface area (Å²) in [6, 6.07) is 18.6. The number of aryl methyl sites for hydroxylation is 1. The van der Waals surface area contributed by atoms with E-state index in [1.165, 1.54) is 0 Å². The molecule has 0 aliphatic heterocycles. The zero-order chi connectivity index (χ0) is 22.5. The fraction of sp³-hybridized carbons (Fsp3) is 0.222. The molecule has 0 unspecified atom stereocenters. The van der Waals surface area contributed by atoms with Gasteiger partial charge in [0.25, 0.3) is 0 Å². The van der Waals surface area contributed by atoms with Gasteiger partial charge in [0.05, 0.1) is 28.1 Å². The number of hydrogen-bond acceptors (Lipinski definition) is 4. The summed E-state index contributed by atoms with van der Waals surface area (Å²) in [6.07, 6.45) is 2.86. The first-order valence-electron chi connectivity index (χ1n) is 10.6. The lowest BCUT2D eigenvalue weighted by Crippen LogP contribution is -2.22. The Balaban J connectivity index is 1.82. The van der Waals surface area contributed by atoms with Gasteiger partial charge in [0.15, 0.2) is 0 Å². The summed E-state index contributed by atoms with van der Waals surface area (Å²) in [5.41, 5.74) is 2.83. The highest BCUT2D eigenvalue weighted by atomic mass is 16.5. The fourth-order valence-electron chi connectivity index (χ4n) is 3.75. The summed E-state index contributed by atoms with van der Waals surface area (Å²) in [7, 11) is 0. The van der Waals surface area contributed by atoms with Crippen LogP contribution in [0.4, 0.5) is 0 Å². The zero-order valence-electron chi connectivity index (χ0n) is 17.8. The standard InChI is InChI=1S/C27H23NO4/c1-18-23(26(29)30)22(16-15-19-9-4-2-5-10-19)24(25(28-18)21-13-8-14-21)27(31)32-17-20-11-6-3-7-12-20/h2-7,9-12,21H,8,13-14,17H2,1H3,(H,29,30). The van der Waals surface area contributed by atoms with Crippen molar-refractivity contribution in [1.29, 1.82) is 0 Å². The molecule has 1 fully saturated rings. The van der Waals surface area contributed by atoms with Crippen molar-refractivity contribution in [2.45, 2.75) is 38.7 Å². The van der Waals surface area contributed by atoms with Gasteiger partial charge in [-0.25, -0.2) is 9.59 Å². The number of hydrogen-bond donors (Lipinski definition) is 1. The third kappa shape index (κ3) is 4.55. The van der Waals surface area contributed by atoms with Gasteiger partial charge in [-0.3, -0.25) is 4.98 Å². The molecule has 0 atom stereocenters. The number of carboxylic acids is 1. The van der Waals surface area contributed by atoms with Gasteiger partial charge in [0.1, 0.15) is 6.61 Å². The van der Waals surface area contributed by atoms with Crippen molar-refractivity contribution in [3.05, 3.63) is 99.9 Å². The van der Waals surface area contributed by atoms with E-state index in [0.29, 0.717) is 11.4 Å². The van der Waals surface area contributed by atoms with Gasteiger partial charge in [-0.05, 0) is 37.5 Å². The van der Waals surface area contributed by atoms with Crippen LogP contribution in [0.2, 0.25) is 0 Å². The molecule has 0 saturated heterocycles. The summed E-state index contributed by atoms with van der Waals surface area (Å²) in [6.45, 7) is 1.74. The highest BCUT2D eigenvalue weighted by molar-refractivity contribution is 6.00. The molecule has 1 heterocycles. The molecule has 5 nitrogen and oxygen atoms in total. The second-order valence-corrected chi connectivity index (χ2v) is 7.82. The van der Waals surface area contributed by atoms with E-state index >= 15 is 0 Å². The molecule has 1 saturated carbocycles. The summed E-state index contributed by atoms with van der Waals surface area (Å²) in [5, 5.41) is 9.90. The minimum absolute atomic E-state index is 0.0526. The van der Waals surface area contributed by atoms with Crippen molar-refractivity contribution in [1.82, 2.24) is 4.98 Å². The first-order valence-corrected chi connectivity index (χ1v) is 10.6. The van der Waals surface area contributed by atoms with E-state index in [1.54, 1.807) is 6.92 Å². The number of ether oxygens (including phenoxy) is 1. The second-order valence-electron chi connectivity index (χ2n) is 7.82. The van der Waals surface area contributed by atoms with Crippen molar-refractivity contribution in [3.8, 4) is 11.8 Å². The molecular weight excluding hydrogens is 402 g/mol. The lowest BCUT2D eigenvalue weighted by molar-refractivity contribution is 0.0469. The molecule has 0 bridgehead atoms. The molecule has 1 aromatic heterocycles. The van der Waals surface area contributed by atoms with Crippen LogP contribution in [-0.4, -0.2) is 22.0 Å². The number of pyridine rings is 1. The van der Waals surface area contributed by atoms with Crippen LogP contribution in [0.15, 0.2) is 60.7 Å². The number of esters is 1. The van der Waals surface area contributed by atoms with Crippen LogP contribution in [0.1, 0.15) is 74.0 Å². The number of carboxylic acid groups (broad SMARTS) is 1. The second kappa shape index (κ2) is 9.49. The van der Waals surface area contributed by atoms with Gasteiger partial charge < -0.3 is 9.84 Å². The first-order chi connectivity index (χ1) is 15.5. The van der Waals surface area contributed by atoms with Gasteiger partial charge in [0.2, 0.25) is 0 Å². The van der Waals surface area contributed by atoms with Crippen molar-refractivity contribution in [2.75, 3.05) is 0 Å². The monoisotopic (exact) mass is 425 g/mol. The molecular formula is C27H23NO4. The van der Waals surface area contributed by atoms with Crippen molar-refractivity contribution in [2.24, 2.45) is 0 Å². The van der Waals surface area contributed by atoms with Crippen LogP contribution in [0.5, 0.6) is 0 Å². The van der Waals surface area contributed by atoms with E-state index in [1.807, 2.05) is 60.7 Å². The minimum Gasteiger partial charge on any atom is -0.478 e. The molecule has 32 heavy (non-hydrogen) atoms. The average molecular weight is 425 g/mol. The Labute approximate surface area is 187 Å². The number of aromatic carboxylic acids is 1. The number of rotatable bonds is 5. The van der Waals surface area contributed by atoms with Gasteiger partial charge in [-0.2, -0.15) is 0 Å². The molecule has 1 aliphatic rings. The van der Waals surface area contributed by atoms with E-state index in [-0.39, 0.29) is 29.2 Å². The smallest absolute Gasteiger partial charge is 0.341 e. The highest BCUT2D eigenvalue weighted by Gasteiger charge is 2.32. The molecule has 4 rings (SSSR count). The maximum Gasteiger partial charge on any atom is 0.341 e. The highest BCUT2D eigenvalue weighted by Crippen LogP contribution is 2.39. The lowest BCUT2D eigenvalue weighted by atomic mass is 9.79. The minimum atomic E-state index is -1.16. The molecule has 160 valence electrons. The van der Waals surface area contributed by atoms with Crippen LogP contribution in [0, 0.1) is 18.8 Å². The van der Waals surface area contributed by atoms with Crippen molar-refractivity contribution in [3.63, 3.8) is 0 Å². The van der Waals surface area contributed by atoms with Gasteiger partial charge in [-0.1, -0.05) is 66.8 Å². The Kier molecular flexibility index (Phi) is 6.32. The number of carbonyl (C=O) groups is 2. The fourth-order valence-corrected chi connectivity index (χ4v) is 3.75. The maximum atomic E-state index is 13.3. The summed E-state index contributed by atoms with van der Waals surface area (Å²) in [4.78, 5) is 30.0. The third-order valence-electron chi connectivity index (χ3n) is 5.63. The SMILES string of the molecule is Cc1nc(C2CCC2)c(C(=O)OCc2ccccc2)c(C#Cc2ccccc2)c1C(=O)O. The first kappa shape index (κ1) is 21.3. The van der Waals surface area contributed by atoms with Crippen LogP contribution in [0.25, 0.3) is 0 Å². The molecule has 5 heteroatoms. The normalized spacial score (nSPS) is 12.9. The lowest BCUT2D eigenvalue weighted by Gasteiger charge is -2.27. The van der Waals surface area contributed by atoms with Crippen molar-refractivity contribution >= 4 is 11.9 Å². The number of nitrogens with zero attached hydrogens (tertiary/aromatic N) is 1. The Bertz CT molecular complexity index is 1200. The van der Waals surface area contributed by atoms with Crippen LogP contribution in [-0.2, 0) is 11.3 Å². The van der Waals surface area contributed by atoms with E-state index in [4.69, 9.17) is 4.74 Å². The van der Waals surface area contributed by atoms with E-state index in [0.717, 1.165) is 30.4 Å². The molecule has 3 aromatic rings. The van der Waals surface area contributed by atoms with E-state index < -0.39 is 11.9 Å². The Morgan fingerprint density at radius 1 is 1.00 bits per heavy atom. The summed E-state index contributed by atoms with van der Waals surface area (Å²) < 4.78 is 5.60. The largest absolute Gasteiger partial charge is 0.478 e. The molecule has 0 radical (unpaired) electrons. The van der Waals surface area contributed by atoms with E-state index in [2.05, 4.69) is 16.8 Å². The van der Waals surface area contributed by atoms with Crippen LogP contribution < -0.4 is 0 Å². The zero-order valence-corrected chi connectivity index (χ0v) is 17.8. The van der Waals surface area contributed by atoms with Crippen molar-refractivity contribution < 1.29 is 19.4 Å². The van der Waals surface area contributed by atoms with Gasteiger partial charge >= 0.3 is 11.9 Å². The average Bonchev–Trinajstić information content (AvgIpc) is 2.76. The maximum absolute atomic E-state index is 13.3. The van der Waals surface area contributed by atoms with Gasteiger partial charge in [0, 0.05) is 11.5 Å². The Morgan fingerprint density at radius 2 is 1.66 bits per heavy atom.